The molecule has 1 N–H and O–H groups in total. The van der Waals surface area contributed by atoms with E-state index in [-0.39, 0.29) is 29.9 Å². The first kappa shape index (κ1) is 19.4. The Morgan fingerprint density at radius 2 is 1.87 bits per heavy atom. The number of methoxy groups -OCH3 is 2. The molecule has 0 bridgehead atoms. The number of nitrogens with zero attached hydrogens (tertiary/aromatic N) is 1. The number of ether oxygens (including phenoxy) is 2. The largest absolute Gasteiger partial charge is 0.497 e. The third-order valence-electron chi connectivity index (χ3n) is 3.19. The Labute approximate surface area is 137 Å². The first-order chi connectivity index (χ1) is 10.8. The van der Waals surface area contributed by atoms with Crippen LogP contribution in [0.1, 0.15) is 13.8 Å². The molecule has 0 heterocycles. The molecule has 0 aromatic heterocycles. The lowest BCUT2D eigenvalue weighted by Crippen LogP contribution is -2.44. The van der Waals surface area contributed by atoms with E-state index in [2.05, 4.69) is 5.32 Å². The van der Waals surface area contributed by atoms with Gasteiger partial charge in [-0.05, 0) is 31.2 Å². The second kappa shape index (κ2) is 8.85. The summed E-state index contributed by atoms with van der Waals surface area (Å²) in [6, 6.07) is 5.88. The standard InChI is InChI=1S/C15H24N2O5S/c1-5-17(10-15(18)16-12(2)11-21-3)23(19,20)14-8-6-13(22-4)7-9-14/h6-9,12H,5,10-11H2,1-4H3,(H,16,18)/t12-/m1/s1. The van der Waals surface area contributed by atoms with Crippen molar-refractivity contribution >= 4 is 15.9 Å². The van der Waals surface area contributed by atoms with Crippen molar-refractivity contribution in [1.29, 1.82) is 0 Å². The summed E-state index contributed by atoms with van der Waals surface area (Å²) in [5.74, 6) is 0.201. The van der Waals surface area contributed by atoms with Crippen LogP contribution < -0.4 is 10.1 Å². The monoisotopic (exact) mass is 344 g/mol. The first-order valence-electron chi connectivity index (χ1n) is 7.27. The number of likely N-dealkylation sites (N-methyl/N-ethyl adjacent to an activating group) is 1. The number of amides is 1. The highest BCUT2D eigenvalue weighted by atomic mass is 32.2. The van der Waals surface area contributed by atoms with E-state index in [1.807, 2.05) is 0 Å². The molecule has 0 aliphatic heterocycles. The molecule has 7 nitrogen and oxygen atoms in total. The van der Waals surface area contributed by atoms with Crippen molar-refractivity contribution in [3.8, 4) is 5.75 Å². The quantitative estimate of drug-likeness (QED) is 0.718. The Morgan fingerprint density at radius 1 is 1.26 bits per heavy atom. The maximum atomic E-state index is 12.6. The zero-order valence-electron chi connectivity index (χ0n) is 13.9. The van der Waals surface area contributed by atoms with Gasteiger partial charge in [0.1, 0.15) is 5.75 Å². The van der Waals surface area contributed by atoms with Crippen LogP contribution in [0, 0.1) is 0 Å². The first-order valence-corrected chi connectivity index (χ1v) is 8.71. The smallest absolute Gasteiger partial charge is 0.243 e. The lowest BCUT2D eigenvalue weighted by molar-refractivity contribution is -0.122. The highest BCUT2D eigenvalue weighted by molar-refractivity contribution is 7.89. The van der Waals surface area contributed by atoms with Crippen LogP contribution in [-0.2, 0) is 19.6 Å². The van der Waals surface area contributed by atoms with E-state index in [1.165, 1.54) is 26.4 Å². The number of hydrogen-bond acceptors (Lipinski definition) is 5. The van der Waals surface area contributed by atoms with Crippen molar-refractivity contribution in [2.45, 2.75) is 24.8 Å². The molecule has 23 heavy (non-hydrogen) atoms. The van der Waals surface area contributed by atoms with E-state index in [4.69, 9.17) is 9.47 Å². The van der Waals surface area contributed by atoms with Crippen molar-refractivity contribution in [2.75, 3.05) is 33.9 Å². The molecule has 0 fully saturated rings. The molecule has 1 aromatic rings. The molecule has 8 heteroatoms. The maximum Gasteiger partial charge on any atom is 0.243 e. The Hall–Kier alpha value is -1.64. The summed E-state index contributed by atoms with van der Waals surface area (Å²) in [5.41, 5.74) is 0. The maximum absolute atomic E-state index is 12.6. The van der Waals surface area contributed by atoms with Gasteiger partial charge in [-0.1, -0.05) is 6.92 Å². The van der Waals surface area contributed by atoms with Crippen LogP contribution in [0.3, 0.4) is 0 Å². The summed E-state index contributed by atoms with van der Waals surface area (Å²) in [6.45, 7) is 3.80. The molecular weight excluding hydrogens is 320 g/mol. The van der Waals surface area contributed by atoms with Crippen LogP contribution >= 0.6 is 0 Å². The van der Waals surface area contributed by atoms with Crippen LogP contribution in [0.15, 0.2) is 29.2 Å². The SMILES string of the molecule is CCN(CC(=O)N[C@H](C)COC)S(=O)(=O)c1ccc(OC)cc1. The zero-order valence-corrected chi connectivity index (χ0v) is 14.7. The van der Waals surface area contributed by atoms with E-state index < -0.39 is 10.0 Å². The highest BCUT2D eigenvalue weighted by Gasteiger charge is 2.25. The molecule has 1 amide bonds. The van der Waals surface area contributed by atoms with Crippen molar-refractivity contribution < 1.29 is 22.7 Å². The fourth-order valence-corrected chi connectivity index (χ4v) is 3.44. The molecule has 0 unspecified atom stereocenters. The zero-order chi connectivity index (χ0) is 17.5. The van der Waals surface area contributed by atoms with Gasteiger partial charge in [0.15, 0.2) is 0 Å². The molecule has 0 aliphatic rings. The molecule has 0 radical (unpaired) electrons. The minimum atomic E-state index is -3.73. The third kappa shape index (κ3) is 5.49. The average Bonchev–Trinajstić information content (AvgIpc) is 2.52. The highest BCUT2D eigenvalue weighted by Crippen LogP contribution is 2.19. The molecule has 0 saturated heterocycles. The molecule has 0 saturated carbocycles. The lowest BCUT2D eigenvalue weighted by Gasteiger charge is -2.21. The number of benzene rings is 1. The third-order valence-corrected chi connectivity index (χ3v) is 5.13. The minimum Gasteiger partial charge on any atom is -0.497 e. The van der Waals surface area contributed by atoms with E-state index in [9.17, 15) is 13.2 Å². The topological polar surface area (TPSA) is 84.9 Å². The number of sulfonamides is 1. The number of carbonyl (C=O) groups excluding carboxylic acids is 1. The van der Waals surface area contributed by atoms with Gasteiger partial charge in [-0.15, -0.1) is 0 Å². The number of hydrogen-bond donors (Lipinski definition) is 1. The van der Waals surface area contributed by atoms with Gasteiger partial charge in [0.25, 0.3) is 0 Å². The Morgan fingerprint density at radius 3 is 2.35 bits per heavy atom. The second-order valence-corrected chi connectivity index (χ2v) is 6.97. The summed E-state index contributed by atoms with van der Waals surface area (Å²) in [6.07, 6.45) is 0. The molecule has 1 rings (SSSR count). The summed E-state index contributed by atoms with van der Waals surface area (Å²) in [7, 11) is -0.689. The molecule has 1 aromatic carbocycles. The Kier molecular flexibility index (Phi) is 7.47. The van der Waals surface area contributed by atoms with Crippen molar-refractivity contribution in [3.63, 3.8) is 0 Å². The summed E-state index contributed by atoms with van der Waals surface area (Å²) in [5, 5.41) is 2.70. The van der Waals surface area contributed by atoms with Crippen molar-refractivity contribution in [2.24, 2.45) is 0 Å². The Bertz CT molecular complexity index is 601. The van der Waals surface area contributed by atoms with Gasteiger partial charge in [0, 0.05) is 19.7 Å². The van der Waals surface area contributed by atoms with Crippen LogP contribution in [0.25, 0.3) is 0 Å². The predicted molar refractivity (Wildman–Crippen MR) is 86.9 cm³/mol. The van der Waals surface area contributed by atoms with Gasteiger partial charge in [0.05, 0.1) is 25.2 Å². The van der Waals surface area contributed by atoms with Gasteiger partial charge in [-0.25, -0.2) is 8.42 Å². The Balaban J connectivity index is 2.83. The van der Waals surface area contributed by atoms with Crippen molar-refractivity contribution in [1.82, 2.24) is 9.62 Å². The van der Waals surface area contributed by atoms with E-state index in [1.54, 1.807) is 26.0 Å². The van der Waals surface area contributed by atoms with E-state index in [0.717, 1.165) is 4.31 Å². The fraction of sp³-hybridized carbons (Fsp3) is 0.533. The van der Waals surface area contributed by atoms with Crippen molar-refractivity contribution in [3.05, 3.63) is 24.3 Å². The molecular formula is C15H24N2O5S. The fourth-order valence-electron chi connectivity index (χ4n) is 2.04. The van der Waals surface area contributed by atoms with Gasteiger partial charge >= 0.3 is 0 Å². The molecule has 0 aliphatic carbocycles. The van der Waals surface area contributed by atoms with Crippen LogP contribution in [-0.4, -0.2) is 58.6 Å². The summed E-state index contributed by atoms with van der Waals surface area (Å²) >= 11 is 0. The van der Waals surface area contributed by atoms with E-state index in [0.29, 0.717) is 12.4 Å². The summed E-state index contributed by atoms with van der Waals surface area (Å²) in [4.78, 5) is 12.1. The van der Waals surface area contributed by atoms with Gasteiger partial charge in [-0.2, -0.15) is 4.31 Å². The van der Waals surface area contributed by atoms with Gasteiger partial charge < -0.3 is 14.8 Å². The van der Waals surface area contributed by atoms with Gasteiger partial charge in [-0.3, -0.25) is 4.79 Å². The predicted octanol–water partition coefficient (Wildman–Crippen LogP) is 0.857. The van der Waals surface area contributed by atoms with Crippen LogP contribution in [0.5, 0.6) is 5.75 Å². The van der Waals surface area contributed by atoms with Gasteiger partial charge in [0.2, 0.25) is 15.9 Å². The average molecular weight is 344 g/mol. The van der Waals surface area contributed by atoms with Crippen LogP contribution in [0.4, 0.5) is 0 Å². The number of nitrogens with one attached hydrogen (secondary N) is 1. The lowest BCUT2D eigenvalue weighted by atomic mass is 10.3. The minimum absolute atomic E-state index is 0.123. The number of rotatable bonds is 9. The molecule has 130 valence electrons. The molecule has 1 atom stereocenters. The summed E-state index contributed by atoms with van der Waals surface area (Å²) < 4.78 is 36.3. The molecule has 0 spiro atoms. The normalized spacial score (nSPS) is 12.9. The number of carbonyl (C=O) groups is 1. The second-order valence-electron chi connectivity index (χ2n) is 5.03. The van der Waals surface area contributed by atoms with Crippen LogP contribution in [0.2, 0.25) is 0 Å². The van der Waals surface area contributed by atoms with E-state index >= 15 is 0 Å².